The van der Waals surface area contributed by atoms with E-state index in [9.17, 15) is 9.18 Å². The fourth-order valence-corrected chi connectivity index (χ4v) is 2.30. The van der Waals surface area contributed by atoms with Gasteiger partial charge >= 0.3 is 6.09 Å². The Hall–Kier alpha value is -1.62. The molecule has 1 amide bonds. The number of ether oxygens (including phenoxy) is 1. The summed E-state index contributed by atoms with van der Waals surface area (Å²) in [6, 6.07) is 5.59. The second kappa shape index (κ2) is 6.52. The maximum atomic E-state index is 13.0. The van der Waals surface area contributed by atoms with Gasteiger partial charge in [0, 0.05) is 11.7 Å². The topological polar surface area (TPSA) is 64.3 Å². The first-order chi connectivity index (χ1) is 9.15. The van der Waals surface area contributed by atoms with Gasteiger partial charge < -0.3 is 10.5 Å². The second-order valence-electron chi connectivity index (χ2n) is 4.88. The van der Waals surface area contributed by atoms with Crippen LogP contribution in [0.3, 0.4) is 0 Å². The number of amides is 1. The van der Waals surface area contributed by atoms with Crippen molar-refractivity contribution in [3.63, 3.8) is 0 Å². The minimum Gasteiger partial charge on any atom is -0.444 e. The van der Waals surface area contributed by atoms with E-state index in [0.29, 0.717) is 5.69 Å². The van der Waals surface area contributed by atoms with Crippen molar-refractivity contribution in [2.75, 3.05) is 5.32 Å². The van der Waals surface area contributed by atoms with Crippen LogP contribution in [0.2, 0.25) is 0 Å². The first kappa shape index (κ1) is 13.8. The van der Waals surface area contributed by atoms with E-state index in [2.05, 4.69) is 5.32 Å². The average molecular weight is 266 g/mol. The number of benzene rings is 1. The summed E-state index contributed by atoms with van der Waals surface area (Å²) in [7, 11) is 0. The number of hydrogen-bond acceptors (Lipinski definition) is 3. The highest BCUT2D eigenvalue weighted by atomic mass is 19.1. The molecule has 1 saturated carbocycles. The number of hydrogen-bond donors (Lipinski definition) is 2. The lowest BCUT2D eigenvalue weighted by Crippen LogP contribution is -2.38. The molecule has 0 radical (unpaired) electrons. The van der Waals surface area contributed by atoms with Gasteiger partial charge in [-0.25, -0.2) is 9.18 Å². The smallest absolute Gasteiger partial charge is 0.411 e. The van der Waals surface area contributed by atoms with E-state index in [4.69, 9.17) is 10.5 Å². The summed E-state index contributed by atoms with van der Waals surface area (Å²) < 4.78 is 18.3. The molecule has 104 valence electrons. The molecule has 5 heteroatoms. The summed E-state index contributed by atoms with van der Waals surface area (Å²) in [5.41, 5.74) is 6.36. The Kier molecular flexibility index (Phi) is 4.74. The molecular formula is C14H19FN2O2. The third kappa shape index (κ3) is 4.21. The summed E-state index contributed by atoms with van der Waals surface area (Å²) in [4.78, 5) is 11.7. The van der Waals surface area contributed by atoms with Crippen molar-refractivity contribution >= 4 is 11.8 Å². The van der Waals surface area contributed by atoms with E-state index < -0.39 is 11.9 Å². The molecule has 0 aromatic heterocycles. The highest BCUT2D eigenvalue weighted by Crippen LogP contribution is 2.20. The Bertz CT molecular complexity index is 439. The van der Waals surface area contributed by atoms with Gasteiger partial charge in [-0.2, -0.15) is 0 Å². The van der Waals surface area contributed by atoms with Crippen molar-refractivity contribution in [3.8, 4) is 0 Å². The van der Waals surface area contributed by atoms with Crippen molar-refractivity contribution in [1.82, 2.24) is 0 Å². The first-order valence-electron chi connectivity index (χ1n) is 6.64. The number of rotatable bonds is 2. The van der Waals surface area contributed by atoms with Crippen LogP contribution in [0, 0.1) is 5.82 Å². The molecule has 1 fully saturated rings. The van der Waals surface area contributed by atoms with Crippen LogP contribution < -0.4 is 11.1 Å². The van der Waals surface area contributed by atoms with E-state index in [1.54, 1.807) is 6.07 Å². The molecule has 19 heavy (non-hydrogen) atoms. The molecule has 4 nitrogen and oxygen atoms in total. The lowest BCUT2D eigenvalue weighted by atomic mass is 10.1. The molecular weight excluding hydrogens is 247 g/mol. The van der Waals surface area contributed by atoms with Gasteiger partial charge in [0.15, 0.2) is 0 Å². The van der Waals surface area contributed by atoms with E-state index in [-0.39, 0.29) is 12.1 Å². The zero-order valence-corrected chi connectivity index (χ0v) is 10.8. The SMILES string of the molecule is NC1CCCCCC1OC(=O)Nc1cccc(F)c1. The fourth-order valence-electron chi connectivity index (χ4n) is 2.30. The Morgan fingerprint density at radius 3 is 2.89 bits per heavy atom. The molecule has 0 heterocycles. The maximum absolute atomic E-state index is 13.0. The van der Waals surface area contributed by atoms with Crippen LogP contribution in [0.4, 0.5) is 14.9 Å². The van der Waals surface area contributed by atoms with Gasteiger partial charge in [-0.05, 0) is 37.5 Å². The number of halogens is 1. The summed E-state index contributed by atoms with van der Waals surface area (Å²) in [5, 5.41) is 2.51. The molecule has 2 atom stereocenters. The monoisotopic (exact) mass is 266 g/mol. The normalized spacial score (nSPS) is 23.5. The zero-order chi connectivity index (χ0) is 13.7. The molecule has 1 aliphatic carbocycles. The maximum Gasteiger partial charge on any atom is 0.411 e. The van der Waals surface area contributed by atoms with Gasteiger partial charge in [0.25, 0.3) is 0 Å². The largest absolute Gasteiger partial charge is 0.444 e. The van der Waals surface area contributed by atoms with E-state index in [0.717, 1.165) is 32.1 Å². The van der Waals surface area contributed by atoms with Gasteiger partial charge in [0.1, 0.15) is 11.9 Å². The van der Waals surface area contributed by atoms with Crippen LogP contribution >= 0.6 is 0 Å². The third-order valence-corrected chi connectivity index (χ3v) is 3.33. The van der Waals surface area contributed by atoms with Gasteiger partial charge in [-0.3, -0.25) is 5.32 Å². The van der Waals surface area contributed by atoms with Gasteiger partial charge in [0.2, 0.25) is 0 Å². The van der Waals surface area contributed by atoms with Crippen LogP contribution in [0.25, 0.3) is 0 Å². The molecule has 2 rings (SSSR count). The first-order valence-corrected chi connectivity index (χ1v) is 6.64. The summed E-state index contributed by atoms with van der Waals surface area (Å²) in [6.07, 6.45) is 4.05. The number of anilines is 1. The Labute approximate surface area is 112 Å². The van der Waals surface area contributed by atoms with Gasteiger partial charge in [0.05, 0.1) is 0 Å². The predicted octanol–water partition coefficient (Wildman–Crippen LogP) is 3.03. The number of nitrogens with one attached hydrogen (secondary N) is 1. The highest BCUT2D eigenvalue weighted by Gasteiger charge is 2.23. The Balaban J connectivity index is 1.89. The van der Waals surface area contributed by atoms with Crippen molar-refractivity contribution in [2.45, 2.75) is 44.2 Å². The molecule has 2 unspecified atom stereocenters. The lowest BCUT2D eigenvalue weighted by Gasteiger charge is -2.21. The average Bonchev–Trinajstić information content (AvgIpc) is 2.55. The number of carbonyl (C=O) groups excluding carboxylic acids is 1. The summed E-state index contributed by atoms with van der Waals surface area (Å²) in [5.74, 6) is -0.399. The fraction of sp³-hybridized carbons (Fsp3) is 0.500. The van der Waals surface area contributed by atoms with Crippen molar-refractivity contribution in [2.24, 2.45) is 5.73 Å². The highest BCUT2D eigenvalue weighted by molar-refractivity contribution is 5.84. The molecule has 0 bridgehead atoms. The van der Waals surface area contributed by atoms with Gasteiger partial charge in [-0.15, -0.1) is 0 Å². The molecule has 1 aromatic rings. The minimum absolute atomic E-state index is 0.110. The van der Waals surface area contributed by atoms with Crippen LogP contribution in [0.5, 0.6) is 0 Å². The lowest BCUT2D eigenvalue weighted by molar-refractivity contribution is 0.0898. The molecule has 1 aromatic carbocycles. The zero-order valence-electron chi connectivity index (χ0n) is 10.8. The minimum atomic E-state index is -0.576. The summed E-state index contributed by atoms with van der Waals surface area (Å²) >= 11 is 0. The van der Waals surface area contributed by atoms with Crippen LogP contribution in [-0.2, 0) is 4.74 Å². The van der Waals surface area contributed by atoms with Crippen molar-refractivity contribution < 1.29 is 13.9 Å². The molecule has 1 aliphatic rings. The van der Waals surface area contributed by atoms with Crippen LogP contribution in [0.1, 0.15) is 32.1 Å². The Morgan fingerprint density at radius 1 is 1.32 bits per heavy atom. The van der Waals surface area contributed by atoms with Crippen molar-refractivity contribution in [1.29, 1.82) is 0 Å². The Morgan fingerprint density at radius 2 is 2.11 bits per heavy atom. The van der Waals surface area contributed by atoms with Gasteiger partial charge in [-0.1, -0.05) is 18.9 Å². The van der Waals surface area contributed by atoms with E-state index in [1.807, 2.05) is 0 Å². The number of nitrogens with two attached hydrogens (primary N) is 1. The van der Waals surface area contributed by atoms with E-state index in [1.165, 1.54) is 18.2 Å². The van der Waals surface area contributed by atoms with Crippen LogP contribution in [0.15, 0.2) is 24.3 Å². The standard InChI is InChI=1S/C14H19FN2O2/c15-10-5-4-6-11(9-10)17-14(18)19-13-8-3-1-2-7-12(13)16/h4-6,9,12-13H,1-3,7-8,16H2,(H,17,18). The van der Waals surface area contributed by atoms with Crippen molar-refractivity contribution in [3.05, 3.63) is 30.1 Å². The molecule has 0 saturated heterocycles. The molecule has 3 N–H and O–H groups in total. The molecule has 0 spiro atoms. The molecule has 0 aliphatic heterocycles. The second-order valence-corrected chi connectivity index (χ2v) is 4.88. The van der Waals surface area contributed by atoms with Crippen LogP contribution in [-0.4, -0.2) is 18.2 Å². The quantitative estimate of drug-likeness (QED) is 0.809. The predicted molar refractivity (Wildman–Crippen MR) is 71.4 cm³/mol. The number of carbonyl (C=O) groups is 1. The van der Waals surface area contributed by atoms with E-state index >= 15 is 0 Å². The summed E-state index contributed by atoms with van der Waals surface area (Å²) in [6.45, 7) is 0. The third-order valence-electron chi connectivity index (χ3n) is 3.33.